The third-order valence-electron chi connectivity index (χ3n) is 4.25. The summed E-state index contributed by atoms with van der Waals surface area (Å²) in [5.41, 5.74) is 4.13. The molecule has 2 aromatic carbocycles. The number of carbonyl (C=O) groups is 1. The highest BCUT2D eigenvalue weighted by molar-refractivity contribution is 6.30. The van der Waals surface area contributed by atoms with Crippen LogP contribution < -0.4 is 10.2 Å². The number of nitrogens with zero attached hydrogens (tertiary/aromatic N) is 2. The van der Waals surface area contributed by atoms with Gasteiger partial charge in [-0.1, -0.05) is 35.4 Å². The lowest BCUT2D eigenvalue weighted by Gasteiger charge is -2.26. The van der Waals surface area contributed by atoms with Gasteiger partial charge in [-0.2, -0.15) is 0 Å². The zero-order chi connectivity index (χ0) is 17.4. The SMILES string of the molecule is Cc1ccc(N2C(=O)c3cccnc3C2Nc2cccc(Cl)c2)cc1. The largest absolute Gasteiger partial charge is 0.360 e. The Morgan fingerprint density at radius 1 is 1.08 bits per heavy atom. The minimum absolute atomic E-state index is 0.0634. The van der Waals surface area contributed by atoms with Crippen LogP contribution in [0.15, 0.2) is 66.9 Å². The molecule has 1 atom stereocenters. The van der Waals surface area contributed by atoms with E-state index >= 15 is 0 Å². The minimum atomic E-state index is -0.384. The molecule has 4 nitrogen and oxygen atoms in total. The van der Waals surface area contributed by atoms with Crippen molar-refractivity contribution < 1.29 is 4.79 Å². The molecule has 25 heavy (non-hydrogen) atoms. The van der Waals surface area contributed by atoms with Crippen LogP contribution >= 0.6 is 11.6 Å². The molecule has 1 N–H and O–H groups in total. The first-order valence-corrected chi connectivity index (χ1v) is 8.38. The Hall–Kier alpha value is -2.85. The van der Waals surface area contributed by atoms with Crippen LogP contribution in [0.4, 0.5) is 11.4 Å². The Labute approximate surface area is 151 Å². The average molecular weight is 350 g/mol. The number of hydrogen-bond donors (Lipinski definition) is 1. The number of halogens is 1. The first-order chi connectivity index (χ1) is 12.1. The van der Waals surface area contributed by atoms with Crippen molar-refractivity contribution in [3.05, 3.63) is 88.7 Å². The Balaban J connectivity index is 1.78. The number of nitrogens with one attached hydrogen (secondary N) is 1. The average Bonchev–Trinajstić information content (AvgIpc) is 2.89. The highest BCUT2D eigenvalue weighted by Crippen LogP contribution is 2.37. The summed E-state index contributed by atoms with van der Waals surface area (Å²) in [6, 6.07) is 18.9. The minimum Gasteiger partial charge on any atom is -0.360 e. The van der Waals surface area contributed by atoms with Gasteiger partial charge < -0.3 is 5.32 Å². The lowest BCUT2D eigenvalue weighted by atomic mass is 10.2. The van der Waals surface area contributed by atoms with E-state index in [-0.39, 0.29) is 12.1 Å². The van der Waals surface area contributed by atoms with Crippen molar-refractivity contribution in [2.24, 2.45) is 0 Å². The first-order valence-electron chi connectivity index (χ1n) is 8.01. The summed E-state index contributed by atoms with van der Waals surface area (Å²) in [6.45, 7) is 2.02. The summed E-state index contributed by atoms with van der Waals surface area (Å²) >= 11 is 6.09. The van der Waals surface area contributed by atoms with Crippen molar-refractivity contribution in [1.29, 1.82) is 0 Å². The number of amides is 1. The Morgan fingerprint density at radius 2 is 1.88 bits per heavy atom. The van der Waals surface area contributed by atoms with Gasteiger partial charge in [-0.3, -0.25) is 14.7 Å². The van der Waals surface area contributed by atoms with E-state index in [2.05, 4.69) is 10.3 Å². The Morgan fingerprint density at radius 3 is 2.64 bits per heavy atom. The smallest absolute Gasteiger partial charge is 0.262 e. The number of rotatable bonds is 3. The van der Waals surface area contributed by atoms with Crippen molar-refractivity contribution >= 4 is 28.9 Å². The maximum Gasteiger partial charge on any atom is 0.262 e. The van der Waals surface area contributed by atoms with E-state index in [1.54, 1.807) is 17.2 Å². The van der Waals surface area contributed by atoms with E-state index in [4.69, 9.17) is 11.6 Å². The Bertz CT molecular complexity index is 940. The van der Waals surface area contributed by atoms with Crippen LogP contribution in [0, 0.1) is 6.92 Å². The van der Waals surface area contributed by atoms with Crippen LogP contribution in [0.3, 0.4) is 0 Å². The molecule has 1 amide bonds. The van der Waals surface area contributed by atoms with Crippen molar-refractivity contribution in [2.45, 2.75) is 13.1 Å². The molecule has 1 aliphatic rings. The van der Waals surface area contributed by atoms with E-state index in [1.165, 1.54) is 0 Å². The normalized spacial score (nSPS) is 16.0. The summed E-state index contributed by atoms with van der Waals surface area (Å²) in [4.78, 5) is 19.1. The molecule has 0 fully saturated rings. The Kier molecular flexibility index (Phi) is 3.90. The molecule has 1 aliphatic heterocycles. The second-order valence-electron chi connectivity index (χ2n) is 6.00. The van der Waals surface area contributed by atoms with Gasteiger partial charge in [0.25, 0.3) is 5.91 Å². The zero-order valence-electron chi connectivity index (χ0n) is 13.6. The van der Waals surface area contributed by atoms with Gasteiger partial charge in [0, 0.05) is 22.6 Å². The van der Waals surface area contributed by atoms with Crippen LogP contribution in [0.2, 0.25) is 5.02 Å². The summed E-state index contributed by atoms with van der Waals surface area (Å²) in [6.07, 6.45) is 1.32. The number of hydrogen-bond acceptors (Lipinski definition) is 3. The van der Waals surface area contributed by atoms with Crippen molar-refractivity contribution in [1.82, 2.24) is 4.98 Å². The predicted octanol–water partition coefficient (Wildman–Crippen LogP) is 4.81. The van der Waals surface area contributed by atoms with E-state index in [1.807, 2.05) is 61.5 Å². The molecule has 1 unspecified atom stereocenters. The van der Waals surface area contributed by atoms with Gasteiger partial charge in [0.1, 0.15) is 0 Å². The molecule has 2 heterocycles. The lowest BCUT2D eigenvalue weighted by Crippen LogP contribution is -2.32. The standard InChI is InChI=1S/C20H16ClN3O/c1-13-7-9-16(10-8-13)24-19(23-15-5-2-4-14(21)12-15)18-17(20(24)25)6-3-11-22-18/h2-12,19,23H,1H3. The molecule has 0 bridgehead atoms. The summed E-state index contributed by atoms with van der Waals surface area (Å²) in [7, 11) is 0. The summed E-state index contributed by atoms with van der Waals surface area (Å²) < 4.78 is 0. The lowest BCUT2D eigenvalue weighted by molar-refractivity contribution is 0.0993. The maximum atomic E-state index is 13.0. The number of anilines is 2. The zero-order valence-corrected chi connectivity index (χ0v) is 14.4. The number of benzene rings is 2. The van der Waals surface area contributed by atoms with E-state index in [9.17, 15) is 4.79 Å². The highest BCUT2D eigenvalue weighted by Gasteiger charge is 2.38. The molecular weight excluding hydrogens is 334 g/mol. The van der Waals surface area contributed by atoms with E-state index < -0.39 is 0 Å². The number of carbonyl (C=O) groups excluding carboxylic acids is 1. The van der Waals surface area contributed by atoms with E-state index in [0.29, 0.717) is 16.3 Å². The van der Waals surface area contributed by atoms with Gasteiger partial charge in [0.05, 0.1) is 11.3 Å². The quantitative estimate of drug-likeness (QED) is 0.737. The van der Waals surface area contributed by atoms with Gasteiger partial charge in [0.15, 0.2) is 6.17 Å². The van der Waals surface area contributed by atoms with E-state index in [0.717, 1.165) is 16.9 Å². The molecule has 4 rings (SSSR count). The summed E-state index contributed by atoms with van der Waals surface area (Å²) in [5, 5.41) is 4.03. The molecule has 0 saturated carbocycles. The fourth-order valence-corrected chi connectivity index (χ4v) is 3.22. The van der Waals surface area contributed by atoms with Crippen LogP contribution in [0.25, 0.3) is 0 Å². The van der Waals surface area contributed by atoms with Gasteiger partial charge in [0.2, 0.25) is 0 Å². The molecular formula is C20H16ClN3O. The number of fused-ring (bicyclic) bond motifs is 1. The molecule has 124 valence electrons. The van der Waals surface area contributed by atoms with Crippen LogP contribution in [0.1, 0.15) is 27.8 Å². The molecule has 1 aromatic heterocycles. The molecule has 0 spiro atoms. The summed E-state index contributed by atoms with van der Waals surface area (Å²) in [5.74, 6) is -0.0634. The van der Waals surface area contributed by atoms with Gasteiger partial charge in [-0.25, -0.2) is 0 Å². The molecule has 0 radical (unpaired) electrons. The van der Waals surface area contributed by atoms with Crippen molar-refractivity contribution in [3.8, 4) is 0 Å². The van der Waals surface area contributed by atoms with Crippen molar-refractivity contribution in [2.75, 3.05) is 10.2 Å². The molecule has 0 aliphatic carbocycles. The highest BCUT2D eigenvalue weighted by atomic mass is 35.5. The second-order valence-corrected chi connectivity index (χ2v) is 6.44. The molecule has 3 aromatic rings. The van der Waals surface area contributed by atoms with Crippen LogP contribution in [-0.2, 0) is 0 Å². The molecule has 5 heteroatoms. The number of aryl methyl sites for hydroxylation is 1. The number of pyridine rings is 1. The topological polar surface area (TPSA) is 45.2 Å². The van der Waals surface area contributed by atoms with Gasteiger partial charge >= 0.3 is 0 Å². The van der Waals surface area contributed by atoms with Crippen molar-refractivity contribution in [3.63, 3.8) is 0 Å². The fourth-order valence-electron chi connectivity index (χ4n) is 3.03. The third-order valence-corrected chi connectivity index (χ3v) is 4.48. The third kappa shape index (κ3) is 2.85. The van der Waals surface area contributed by atoms with Crippen LogP contribution in [0.5, 0.6) is 0 Å². The molecule has 0 saturated heterocycles. The number of aromatic nitrogens is 1. The monoisotopic (exact) mass is 349 g/mol. The van der Waals surface area contributed by atoms with Crippen LogP contribution in [-0.4, -0.2) is 10.9 Å². The van der Waals surface area contributed by atoms with Gasteiger partial charge in [-0.15, -0.1) is 0 Å². The predicted molar refractivity (Wildman–Crippen MR) is 100 cm³/mol. The maximum absolute atomic E-state index is 13.0. The van der Waals surface area contributed by atoms with Gasteiger partial charge in [-0.05, 0) is 49.4 Å². The second kappa shape index (κ2) is 6.22. The fraction of sp³-hybridized carbons (Fsp3) is 0.100. The first kappa shape index (κ1) is 15.7.